The lowest BCUT2D eigenvalue weighted by Crippen LogP contribution is -2.64. The highest BCUT2D eigenvalue weighted by Crippen LogP contribution is 2.43. The second-order valence-corrected chi connectivity index (χ2v) is 5.96. The van der Waals surface area contributed by atoms with Crippen molar-refractivity contribution < 1.29 is 9.84 Å². The molecule has 0 saturated heterocycles. The summed E-state index contributed by atoms with van der Waals surface area (Å²) in [6, 6.07) is 0.797. The van der Waals surface area contributed by atoms with Gasteiger partial charge in [0.05, 0.1) is 12.2 Å². The summed E-state index contributed by atoms with van der Waals surface area (Å²) < 4.78 is 5.45. The van der Waals surface area contributed by atoms with Crippen LogP contribution in [0.5, 0.6) is 0 Å². The van der Waals surface area contributed by atoms with Gasteiger partial charge in [-0.2, -0.15) is 0 Å². The van der Waals surface area contributed by atoms with Crippen molar-refractivity contribution in [1.29, 1.82) is 0 Å². The van der Waals surface area contributed by atoms with Crippen LogP contribution in [0.25, 0.3) is 0 Å². The maximum absolute atomic E-state index is 9.94. The largest absolute Gasteiger partial charge is 0.392 e. The first-order chi connectivity index (χ1) is 7.55. The van der Waals surface area contributed by atoms with Gasteiger partial charge in [0.2, 0.25) is 0 Å². The standard InChI is InChI=1S/C13H25NO2/c1-13(2)11(8-12(13)16-3)14-9-6-4-5-7-10(9)15/h9-12,14-15H,4-8H2,1-3H3/t9-,10-,11?,12?/m0/s1. The average Bonchev–Trinajstić information content (AvgIpc) is 2.26. The number of hydrogen-bond acceptors (Lipinski definition) is 3. The van der Waals surface area contributed by atoms with E-state index in [1.807, 2.05) is 0 Å². The topological polar surface area (TPSA) is 41.5 Å². The first kappa shape index (κ1) is 12.3. The van der Waals surface area contributed by atoms with Crippen LogP contribution in [0.3, 0.4) is 0 Å². The third-order valence-corrected chi connectivity index (χ3v) is 4.61. The van der Waals surface area contributed by atoms with Crippen LogP contribution in [0.15, 0.2) is 0 Å². The third kappa shape index (κ3) is 2.13. The first-order valence-corrected chi connectivity index (χ1v) is 6.52. The van der Waals surface area contributed by atoms with E-state index < -0.39 is 0 Å². The summed E-state index contributed by atoms with van der Waals surface area (Å²) in [6.45, 7) is 4.50. The Labute approximate surface area is 98.6 Å². The molecule has 0 heterocycles. The summed E-state index contributed by atoms with van der Waals surface area (Å²) >= 11 is 0. The van der Waals surface area contributed by atoms with Crippen LogP contribution in [0, 0.1) is 5.41 Å². The summed E-state index contributed by atoms with van der Waals surface area (Å²) in [6.07, 6.45) is 5.79. The molecular formula is C13H25NO2. The van der Waals surface area contributed by atoms with E-state index in [1.54, 1.807) is 7.11 Å². The second kappa shape index (κ2) is 4.63. The van der Waals surface area contributed by atoms with Gasteiger partial charge in [0.15, 0.2) is 0 Å². The van der Waals surface area contributed by atoms with Crippen molar-refractivity contribution in [1.82, 2.24) is 5.32 Å². The van der Waals surface area contributed by atoms with Gasteiger partial charge in [-0.3, -0.25) is 0 Å². The van der Waals surface area contributed by atoms with Crippen molar-refractivity contribution in [3.63, 3.8) is 0 Å². The Morgan fingerprint density at radius 1 is 1.25 bits per heavy atom. The molecule has 0 amide bonds. The summed E-state index contributed by atoms with van der Waals surface area (Å²) in [5.41, 5.74) is 0.200. The highest BCUT2D eigenvalue weighted by molar-refractivity contribution is 5.04. The molecule has 2 rings (SSSR count). The molecule has 0 aromatic rings. The number of ether oxygens (including phenoxy) is 1. The Morgan fingerprint density at radius 2 is 1.94 bits per heavy atom. The first-order valence-electron chi connectivity index (χ1n) is 6.52. The van der Waals surface area contributed by atoms with Gasteiger partial charge >= 0.3 is 0 Å². The quantitative estimate of drug-likeness (QED) is 0.771. The third-order valence-electron chi connectivity index (χ3n) is 4.61. The molecular weight excluding hydrogens is 202 g/mol. The summed E-state index contributed by atoms with van der Waals surface area (Å²) in [5.74, 6) is 0. The molecule has 4 atom stereocenters. The Hall–Kier alpha value is -0.120. The van der Waals surface area contributed by atoms with Gasteiger partial charge in [0, 0.05) is 24.6 Å². The van der Waals surface area contributed by atoms with Crippen LogP contribution in [0.1, 0.15) is 46.0 Å². The zero-order valence-corrected chi connectivity index (χ0v) is 10.7. The van der Waals surface area contributed by atoms with Crippen molar-refractivity contribution in [3.05, 3.63) is 0 Å². The smallest absolute Gasteiger partial charge is 0.0693 e. The van der Waals surface area contributed by atoms with Crippen LogP contribution in [-0.4, -0.2) is 36.5 Å². The van der Waals surface area contributed by atoms with Gasteiger partial charge in [-0.05, 0) is 19.3 Å². The predicted octanol–water partition coefficient (Wildman–Crippen LogP) is 1.69. The lowest BCUT2D eigenvalue weighted by molar-refractivity contribution is -0.105. The maximum atomic E-state index is 9.94. The van der Waals surface area contributed by atoms with E-state index in [-0.39, 0.29) is 11.5 Å². The van der Waals surface area contributed by atoms with Gasteiger partial charge in [0.1, 0.15) is 0 Å². The molecule has 0 radical (unpaired) electrons. The van der Waals surface area contributed by atoms with Crippen LogP contribution < -0.4 is 5.32 Å². The van der Waals surface area contributed by atoms with Gasteiger partial charge in [-0.1, -0.05) is 26.7 Å². The Morgan fingerprint density at radius 3 is 2.50 bits per heavy atom. The van der Waals surface area contributed by atoms with Crippen molar-refractivity contribution >= 4 is 0 Å². The minimum absolute atomic E-state index is 0.147. The molecule has 2 unspecified atom stereocenters. The van der Waals surface area contributed by atoms with E-state index in [2.05, 4.69) is 19.2 Å². The molecule has 2 N–H and O–H groups in total. The number of aliphatic hydroxyl groups is 1. The lowest BCUT2D eigenvalue weighted by atomic mass is 9.64. The lowest BCUT2D eigenvalue weighted by Gasteiger charge is -2.53. The van der Waals surface area contributed by atoms with Crippen LogP contribution in [0.4, 0.5) is 0 Å². The van der Waals surface area contributed by atoms with E-state index in [9.17, 15) is 5.11 Å². The van der Waals surface area contributed by atoms with Crippen molar-refractivity contribution in [2.45, 2.75) is 70.2 Å². The molecule has 0 aromatic carbocycles. The van der Waals surface area contributed by atoms with E-state index in [1.165, 1.54) is 12.8 Å². The van der Waals surface area contributed by atoms with Crippen molar-refractivity contribution in [3.8, 4) is 0 Å². The van der Waals surface area contributed by atoms with E-state index in [0.29, 0.717) is 18.2 Å². The zero-order chi connectivity index (χ0) is 11.8. The van der Waals surface area contributed by atoms with Crippen LogP contribution >= 0.6 is 0 Å². The minimum atomic E-state index is -0.147. The molecule has 3 nitrogen and oxygen atoms in total. The number of aliphatic hydroxyl groups excluding tert-OH is 1. The predicted molar refractivity (Wildman–Crippen MR) is 64.4 cm³/mol. The summed E-state index contributed by atoms with van der Waals surface area (Å²) in [5, 5.41) is 13.6. The van der Waals surface area contributed by atoms with Gasteiger partial charge in [-0.25, -0.2) is 0 Å². The van der Waals surface area contributed by atoms with E-state index in [4.69, 9.17) is 4.74 Å². The van der Waals surface area contributed by atoms with Gasteiger partial charge in [-0.15, -0.1) is 0 Å². The molecule has 0 aliphatic heterocycles. The van der Waals surface area contributed by atoms with Crippen LogP contribution in [0.2, 0.25) is 0 Å². The molecule has 94 valence electrons. The molecule has 16 heavy (non-hydrogen) atoms. The highest BCUT2D eigenvalue weighted by Gasteiger charge is 2.49. The zero-order valence-electron chi connectivity index (χ0n) is 10.7. The monoisotopic (exact) mass is 227 g/mol. The fourth-order valence-electron chi connectivity index (χ4n) is 3.13. The molecule has 0 spiro atoms. The highest BCUT2D eigenvalue weighted by atomic mass is 16.5. The number of rotatable bonds is 3. The summed E-state index contributed by atoms with van der Waals surface area (Å²) in [7, 11) is 1.79. The molecule has 2 aliphatic carbocycles. The number of nitrogens with one attached hydrogen (secondary N) is 1. The van der Waals surface area contributed by atoms with Gasteiger partial charge in [0.25, 0.3) is 0 Å². The Balaban J connectivity index is 1.86. The summed E-state index contributed by atoms with van der Waals surface area (Å²) in [4.78, 5) is 0. The SMILES string of the molecule is COC1CC(N[C@H]2CCCC[C@@H]2O)C1(C)C. The average molecular weight is 227 g/mol. The molecule has 2 fully saturated rings. The molecule has 3 heteroatoms. The number of methoxy groups -OCH3 is 1. The fourth-order valence-corrected chi connectivity index (χ4v) is 3.13. The normalized spacial score (nSPS) is 42.8. The molecule has 0 bridgehead atoms. The van der Waals surface area contributed by atoms with E-state index in [0.717, 1.165) is 19.3 Å². The van der Waals surface area contributed by atoms with Crippen LogP contribution in [-0.2, 0) is 4.74 Å². The Bertz CT molecular complexity index is 242. The fraction of sp³-hybridized carbons (Fsp3) is 1.00. The van der Waals surface area contributed by atoms with Gasteiger partial charge < -0.3 is 15.2 Å². The second-order valence-electron chi connectivity index (χ2n) is 5.96. The van der Waals surface area contributed by atoms with E-state index >= 15 is 0 Å². The molecule has 0 aromatic heterocycles. The minimum Gasteiger partial charge on any atom is -0.392 e. The maximum Gasteiger partial charge on any atom is 0.0693 e. The Kier molecular flexibility index (Phi) is 3.57. The van der Waals surface area contributed by atoms with Crippen molar-refractivity contribution in [2.75, 3.05) is 7.11 Å². The van der Waals surface area contributed by atoms with Crippen molar-refractivity contribution in [2.24, 2.45) is 5.41 Å². The number of hydrogen-bond donors (Lipinski definition) is 2. The molecule has 2 aliphatic rings. The molecule has 2 saturated carbocycles.